The average molecular weight is 447 g/mol. The van der Waals surface area contributed by atoms with Gasteiger partial charge in [0.2, 0.25) is 5.91 Å². The van der Waals surface area contributed by atoms with Crippen LogP contribution in [0.1, 0.15) is 71.3 Å². The Hall–Kier alpha value is -3.29. The number of aromatic nitrogens is 4. The van der Waals surface area contributed by atoms with Crippen molar-refractivity contribution in [3.8, 4) is 0 Å². The fraction of sp³-hybridized carbons (Fsp3) is 0.480. The number of rotatable bonds is 5. The molecular formula is C25H30N6O2. The van der Waals surface area contributed by atoms with Crippen molar-refractivity contribution in [1.29, 1.82) is 0 Å². The van der Waals surface area contributed by atoms with Crippen LogP contribution in [0.4, 0.5) is 0 Å². The number of fused-ring (bicyclic) bond motifs is 1. The van der Waals surface area contributed by atoms with Gasteiger partial charge in [0.1, 0.15) is 5.69 Å². The van der Waals surface area contributed by atoms with Crippen LogP contribution in [-0.4, -0.2) is 60.8 Å². The highest BCUT2D eigenvalue weighted by Crippen LogP contribution is 2.33. The molecule has 33 heavy (non-hydrogen) atoms. The molecule has 3 aromatic heterocycles. The number of hydrogen-bond acceptors (Lipinski definition) is 5. The molecule has 2 saturated heterocycles. The van der Waals surface area contributed by atoms with Crippen LogP contribution in [-0.2, 0) is 11.2 Å². The summed E-state index contributed by atoms with van der Waals surface area (Å²) in [6, 6.07) is 7.32. The molecule has 1 atom stereocenters. The summed E-state index contributed by atoms with van der Waals surface area (Å²) in [5.74, 6) is 0.166. The molecule has 2 amide bonds. The lowest BCUT2D eigenvalue weighted by Crippen LogP contribution is -2.31. The van der Waals surface area contributed by atoms with E-state index in [4.69, 9.17) is 10.1 Å². The van der Waals surface area contributed by atoms with Crippen molar-refractivity contribution in [3.63, 3.8) is 0 Å². The quantitative estimate of drug-likeness (QED) is 0.601. The second-order valence-electron chi connectivity index (χ2n) is 9.06. The molecule has 0 unspecified atom stereocenters. The SMILES string of the molecule is Cc1nc2cc([C@H]3CCCN3C(=O)c3ccccn3)nn2c(C)c1CCC(=O)N1CCCC1. The highest BCUT2D eigenvalue weighted by Gasteiger charge is 2.33. The molecule has 0 radical (unpaired) electrons. The van der Waals surface area contributed by atoms with E-state index in [1.54, 1.807) is 12.3 Å². The van der Waals surface area contributed by atoms with Crippen molar-refractivity contribution in [3.05, 3.63) is 58.8 Å². The van der Waals surface area contributed by atoms with E-state index in [2.05, 4.69) is 4.98 Å². The normalized spacial score (nSPS) is 18.4. The van der Waals surface area contributed by atoms with Gasteiger partial charge in [-0.2, -0.15) is 5.10 Å². The van der Waals surface area contributed by atoms with Crippen molar-refractivity contribution in [2.45, 2.75) is 58.4 Å². The molecule has 2 fully saturated rings. The minimum absolute atomic E-state index is 0.0582. The van der Waals surface area contributed by atoms with E-state index in [0.29, 0.717) is 25.1 Å². The zero-order valence-corrected chi connectivity index (χ0v) is 19.3. The van der Waals surface area contributed by atoms with E-state index in [9.17, 15) is 9.59 Å². The van der Waals surface area contributed by atoms with Gasteiger partial charge in [0.15, 0.2) is 5.65 Å². The van der Waals surface area contributed by atoms with Gasteiger partial charge in [0.25, 0.3) is 5.91 Å². The van der Waals surface area contributed by atoms with Crippen LogP contribution in [0.2, 0.25) is 0 Å². The van der Waals surface area contributed by atoms with Crippen LogP contribution >= 0.6 is 0 Å². The molecular weight excluding hydrogens is 416 g/mol. The van der Waals surface area contributed by atoms with E-state index in [-0.39, 0.29) is 17.9 Å². The zero-order chi connectivity index (χ0) is 22.9. The Morgan fingerprint density at radius 2 is 1.91 bits per heavy atom. The molecule has 0 bridgehead atoms. The summed E-state index contributed by atoms with van der Waals surface area (Å²) < 4.78 is 1.87. The summed E-state index contributed by atoms with van der Waals surface area (Å²) in [6.07, 6.45) is 6.83. The van der Waals surface area contributed by atoms with E-state index in [0.717, 1.165) is 67.1 Å². The highest BCUT2D eigenvalue weighted by molar-refractivity contribution is 5.92. The van der Waals surface area contributed by atoms with Crippen molar-refractivity contribution >= 4 is 17.5 Å². The Kier molecular flexibility index (Phi) is 5.83. The lowest BCUT2D eigenvalue weighted by atomic mass is 10.1. The first-order valence-corrected chi connectivity index (χ1v) is 11.9. The van der Waals surface area contributed by atoms with E-state index in [1.807, 2.05) is 46.4 Å². The first kappa shape index (κ1) is 21.6. The Bertz CT molecular complexity index is 1180. The van der Waals surface area contributed by atoms with Crippen LogP contribution in [0.25, 0.3) is 5.65 Å². The Labute approximate surface area is 193 Å². The smallest absolute Gasteiger partial charge is 0.273 e. The van der Waals surface area contributed by atoms with Gasteiger partial charge >= 0.3 is 0 Å². The Morgan fingerprint density at radius 1 is 1.09 bits per heavy atom. The molecule has 0 saturated carbocycles. The molecule has 172 valence electrons. The molecule has 0 N–H and O–H groups in total. The molecule has 2 aliphatic rings. The largest absolute Gasteiger partial charge is 0.343 e. The third-order valence-electron chi connectivity index (χ3n) is 6.97. The second-order valence-corrected chi connectivity index (χ2v) is 9.06. The second kappa shape index (κ2) is 8.92. The van der Waals surface area contributed by atoms with Gasteiger partial charge in [0, 0.05) is 49.7 Å². The number of nitrogens with zero attached hydrogens (tertiary/aromatic N) is 6. The first-order chi connectivity index (χ1) is 16.0. The number of carbonyl (C=O) groups excluding carboxylic acids is 2. The number of amides is 2. The van der Waals surface area contributed by atoms with Gasteiger partial charge < -0.3 is 9.80 Å². The van der Waals surface area contributed by atoms with E-state index in [1.165, 1.54) is 0 Å². The van der Waals surface area contributed by atoms with Gasteiger partial charge in [-0.05, 0) is 63.6 Å². The van der Waals surface area contributed by atoms with Crippen LogP contribution in [0, 0.1) is 13.8 Å². The van der Waals surface area contributed by atoms with Crippen molar-refractivity contribution < 1.29 is 9.59 Å². The minimum Gasteiger partial charge on any atom is -0.343 e. The fourth-order valence-corrected chi connectivity index (χ4v) is 5.18. The predicted molar refractivity (Wildman–Crippen MR) is 124 cm³/mol. The number of likely N-dealkylation sites (tertiary alicyclic amines) is 2. The van der Waals surface area contributed by atoms with Gasteiger partial charge in [-0.25, -0.2) is 9.50 Å². The topological polar surface area (TPSA) is 83.7 Å². The molecule has 5 rings (SSSR count). The summed E-state index contributed by atoms with van der Waals surface area (Å²) in [5.41, 5.74) is 5.14. The summed E-state index contributed by atoms with van der Waals surface area (Å²) in [6.45, 7) is 6.50. The Morgan fingerprint density at radius 3 is 2.67 bits per heavy atom. The van der Waals surface area contributed by atoms with Crippen LogP contribution in [0.5, 0.6) is 0 Å². The van der Waals surface area contributed by atoms with Gasteiger partial charge in [-0.3, -0.25) is 14.6 Å². The number of pyridine rings is 1. The molecule has 3 aromatic rings. The fourth-order valence-electron chi connectivity index (χ4n) is 5.18. The summed E-state index contributed by atoms with van der Waals surface area (Å²) in [5, 5.41) is 4.87. The first-order valence-electron chi connectivity index (χ1n) is 11.9. The molecule has 2 aliphatic heterocycles. The van der Waals surface area contributed by atoms with Crippen LogP contribution in [0.15, 0.2) is 30.5 Å². The average Bonchev–Trinajstić information content (AvgIpc) is 3.59. The number of aryl methyl sites for hydroxylation is 2. The van der Waals surface area contributed by atoms with Crippen molar-refractivity contribution in [2.24, 2.45) is 0 Å². The van der Waals surface area contributed by atoms with Crippen LogP contribution in [0.3, 0.4) is 0 Å². The maximum Gasteiger partial charge on any atom is 0.273 e. The van der Waals surface area contributed by atoms with Crippen LogP contribution < -0.4 is 0 Å². The van der Waals surface area contributed by atoms with Gasteiger partial charge in [-0.1, -0.05) is 6.07 Å². The molecule has 0 spiro atoms. The molecule has 0 aromatic carbocycles. The summed E-state index contributed by atoms with van der Waals surface area (Å²) >= 11 is 0. The number of carbonyl (C=O) groups is 2. The van der Waals surface area contributed by atoms with Crippen molar-refractivity contribution in [2.75, 3.05) is 19.6 Å². The van der Waals surface area contributed by atoms with Gasteiger partial charge in [0.05, 0.1) is 11.7 Å². The minimum atomic E-state index is -0.0823. The standard InChI is InChI=1S/C25H30N6O2/c1-17-19(10-11-24(32)29-13-5-6-14-29)18(2)31-23(27-17)16-21(28-31)22-9-7-15-30(22)25(33)20-8-3-4-12-26-20/h3-4,8,12,16,22H,5-7,9-11,13-15H2,1-2H3/t22-/m1/s1. The monoisotopic (exact) mass is 446 g/mol. The third-order valence-corrected chi connectivity index (χ3v) is 6.97. The molecule has 8 heteroatoms. The summed E-state index contributed by atoms with van der Waals surface area (Å²) in [7, 11) is 0. The maximum atomic E-state index is 13.1. The molecule has 5 heterocycles. The lowest BCUT2D eigenvalue weighted by Gasteiger charge is -2.22. The Balaban J connectivity index is 1.39. The molecule has 0 aliphatic carbocycles. The van der Waals surface area contributed by atoms with Crippen molar-refractivity contribution in [1.82, 2.24) is 29.4 Å². The van der Waals surface area contributed by atoms with Gasteiger partial charge in [-0.15, -0.1) is 0 Å². The van der Waals surface area contributed by atoms with E-state index >= 15 is 0 Å². The zero-order valence-electron chi connectivity index (χ0n) is 19.3. The maximum absolute atomic E-state index is 13.1. The summed E-state index contributed by atoms with van der Waals surface area (Å²) in [4.78, 5) is 38.5. The van der Waals surface area contributed by atoms with E-state index < -0.39 is 0 Å². The molecule has 8 nitrogen and oxygen atoms in total. The predicted octanol–water partition coefficient (Wildman–Crippen LogP) is 3.27. The highest BCUT2D eigenvalue weighted by atomic mass is 16.2. The lowest BCUT2D eigenvalue weighted by molar-refractivity contribution is -0.130. The number of hydrogen-bond donors (Lipinski definition) is 0. The third kappa shape index (κ3) is 4.10.